The van der Waals surface area contributed by atoms with Crippen LogP contribution in [0.4, 0.5) is 10.1 Å². The van der Waals surface area contributed by atoms with E-state index in [1.807, 2.05) is 45.0 Å². The van der Waals surface area contributed by atoms with E-state index < -0.39 is 15.7 Å². The highest BCUT2D eigenvalue weighted by atomic mass is 32.2. The molecule has 0 radical (unpaired) electrons. The SMILES string of the molecule is CC(C)(C)CC(=O)Nc1cncc(-c2ccc3[nH]nc(-c4nc5nccc(-c6cc(F)cc(CCS(C)(=O)=O)c6)c5[nH]4)c3c2)c1. The summed E-state index contributed by atoms with van der Waals surface area (Å²) in [5.74, 6) is -0.131. The van der Waals surface area contributed by atoms with Gasteiger partial charge in [-0.05, 0) is 64.9 Å². The smallest absolute Gasteiger partial charge is 0.224 e. The number of rotatable bonds is 8. The summed E-state index contributed by atoms with van der Waals surface area (Å²) in [5, 5.41) is 11.3. The molecule has 1 amide bonds. The van der Waals surface area contributed by atoms with Gasteiger partial charge in [-0.2, -0.15) is 5.10 Å². The zero-order valence-corrected chi connectivity index (χ0v) is 26.1. The number of anilines is 1. The van der Waals surface area contributed by atoms with Gasteiger partial charge >= 0.3 is 0 Å². The van der Waals surface area contributed by atoms with Gasteiger partial charge in [-0.1, -0.05) is 32.9 Å². The molecule has 10 nitrogen and oxygen atoms in total. The van der Waals surface area contributed by atoms with Crippen LogP contribution in [0.1, 0.15) is 32.8 Å². The summed E-state index contributed by atoms with van der Waals surface area (Å²) < 4.78 is 38.0. The summed E-state index contributed by atoms with van der Waals surface area (Å²) in [5.41, 5.74) is 6.42. The number of halogens is 1. The third-order valence-corrected chi connectivity index (χ3v) is 8.20. The largest absolute Gasteiger partial charge is 0.335 e. The number of hydrogen-bond donors (Lipinski definition) is 3. The maximum absolute atomic E-state index is 14.6. The van der Waals surface area contributed by atoms with Crippen LogP contribution in [0, 0.1) is 11.2 Å². The molecule has 0 aliphatic carbocycles. The molecule has 2 aromatic carbocycles. The lowest BCUT2D eigenvalue weighted by Crippen LogP contribution is -2.19. The molecule has 0 saturated heterocycles. The fourth-order valence-corrected chi connectivity index (χ4v) is 5.85. The molecule has 4 aromatic heterocycles. The molecule has 0 aliphatic rings. The molecule has 4 heterocycles. The molecule has 0 bridgehead atoms. The van der Waals surface area contributed by atoms with E-state index in [1.165, 1.54) is 12.1 Å². The second-order valence-electron chi connectivity index (χ2n) is 12.5. The molecule has 0 fully saturated rings. The molecule has 230 valence electrons. The number of fused-ring (bicyclic) bond motifs is 2. The third-order valence-electron chi connectivity index (χ3n) is 7.26. The molecule has 0 unspecified atom stereocenters. The van der Waals surface area contributed by atoms with Gasteiger partial charge in [0.2, 0.25) is 5.91 Å². The van der Waals surface area contributed by atoms with Crippen molar-refractivity contribution >= 4 is 43.5 Å². The maximum atomic E-state index is 14.6. The van der Waals surface area contributed by atoms with E-state index in [2.05, 4.69) is 30.5 Å². The second kappa shape index (κ2) is 11.5. The first-order valence-electron chi connectivity index (χ1n) is 14.4. The van der Waals surface area contributed by atoms with Gasteiger partial charge in [0.05, 0.1) is 28.7 Å². The lowest BCUT2D eigenvalue weighted by atomic mass is 9.92. The number of sulfone groups is 1. The number of pyridine rings is 2. The highest BCUT2D eigenvalue weighted by Gasteiger charge is 2.19. The molecule has 0 saturated carbocycles. The van der Waals surface area contributed by atoms with Gasteiger partial charge in [-0.3, -0.25) is 14.9 Å². The van der Waals surface area contributed by atoms with Crippen molar-refractivity contribution in [2.75, 3.05) is 17.3 Å². The minimum Gasteiger partial charge on any atom is -0.335 e. The number of aromatic nitrogens is 6. The fraction of sp³-hybridized carbons (Fsp3) is 0.242. The highest BCUT2D eigenvalue weighted by molar-refractivity contribution is 7.90. The summed E-state index contributed by atoms with van der Waals surface area (Å²) >= 11 is 0. The maximum Gasteiger partial charge on any atom is 0.224 e. The molecule has 6 aromatic rings. The molecular formula is C33H32FN7O3S. The average molecular weight is 626 g/mol. The van der Waals surface area contributed by atoms with Crippen LogP contribution in [0.3, 0.4) is 0 Å². The predicted octanol–water partition coefficient (Wildman–Crippen LogP) is 6.33. The van der Waals surface area contributed by atoms with Crippen LogP contribution in [0.5, 0.6) is 0 Å². The Morgan fingerprint density at radius 2 is 1.82 bits per heavy atom. The number of amides is 1. The first-order chi connectivity index (χ1) is 21.3. The Bertz CT molecular complexity index is 2180. The molecule has 12 heteroatoms. The number of nitrogens with one attached hydrogen (secondary N) is 3. The Labute approximate surface area is 259 Å². The zero-order valence-electron chi connectivity index (χ0n) is 25.3. The van der Waals surface area contributed by atoms with E-state index in [9.17, 15) is 17.6 Å². The number of aryl methyl sites for hydroxylation is 1. The van der Waals surface area contributed by atoms with E-state index in [-0.39, 0.29) is 23.5 Å². The number of nitrogens with zero attached hydrogens (tertiary/aromatic N) is 4. The lowest BCUT2D eigenvalue weighted by molar-refractivity contribution is -0.117. The fourth-order valence-electron chi connectivity index (χ4n) is 5.24. The van der Waals surface area contributed by atoms with Crippen molar-refractivity contribution in [2.45, 2.75) is 33.6 Å². The Kier molecular flexibility index (Phi) is 7.69. The third kappa shape index (κ3) is 6.91. The monoisotopic (exact) mass is 625 g/mol. The minimum atomic E-state index is -3.20. The van der Waals surface area contributed by atoms with Crippen molar-refractivity contribution < 1.29 is 17.6 Å². The van der Waals surface area contributed by atoms with Crippen molar-refractivity contribution in [3.8, 4) is 33.8 Å². The van der Waals surface area contributed by atoms with Crippen LogP contribution in [-0.2, 0) is 21.1 Å². The zero-order chi connectivity index (χ0) is 31.9. The molecule has 6 rings (SSSR count). The number of imidazole rings is 1. The van der Waals surface area contributed by atoms with Gasteiger partial charge in [0.1, 0.15) is 21.3 Å². The highest BCUT2D eigenvalue weighted by Crippen LogP contribution is 2.33. The van der Waals surface area contributed by atoms with Gasteiger partial charge in [0.15, 0.2) is 11.5 Å². The molecule has 45 heavy (non-hydrogen) atoms. The number of carbonyl (C=O) groups excluding carboxylic acids is 1. The normalized spacial score (nSPS) is 12.2. The number of aromatic amines is 2. The second-order valence-corrected chi connectivity index (χ2v) is 14.7. The van der Waals surface area contributed by atoms with Crippen LogP contribution in [0.25, 0.3) is 55.8 Å². The summed E-state index contributed by atoms with van der Waals surface area (Å²) in [4.78, 5) is 29.3. The Morgan fingerprint density at radius 3 is 2.60 bits per heavy atom. The Balaban J connectivity index is 1.34. The van der Waals surface area contributed by atoms with Crippen molar-refractivity contribution in [3.05, 3.63) is 78.5 Å². The molecule has 0 spiro atoms. The van der Waals surface area contributed by atoms with Crippen LogP contribution in [0.15, 0.2) is 67.1 Å². The van der Waals surface area contributed by atoms with E-state index in [4.69, 9.17) is 4.98 Å². The van der Waals surface area contributed by atoms with Crippen LogP contribution in [-0.4, -0.2) is 56.5 Å². The van der Waals surface area contributed by atoms with Gasteiger partial charge in [-0.15, -0.1) is 0 Å². The van der Waals surface area contributed by atoms with Gasteiger partial charge in [-0.25, -0.2) is 22.8 Å². The van der Waals surface area contributed by atoms with E-state index in [0.29, 0.717) is 51.5 Å². The Hall–Kier alpha value is -4.97. The topological polar surface area (TPSA) is 146 Å². The molecule has 0 aliphatic heterocycles. The van der Waals surface area contributed by atoms with Crippen molar-refractivity contribution in [3.63, 3.8) is 0 Å². The molecule has 3 N–H and O–H groups in total. The molecule has 0 atom stereocenters. The van der Waals surface area contributed by atoms with Gasteiger partial charge < -0.3 is 10.3 Å². The number of carbonyl (C=O) groups is 1. The van der Waals surface area contributed by atoms with E-state index in [1.54, 1.807) is 30.7 Å². The van der Waals surface area contributed by atoms with Gasteiger partial charge in [0, 0.05) is 41.6 Å². The summed E-state index contributed by atoms with van der Waals surface area (Å²) in [6, 6.07) is 14.0. The quantitative estimate of drug-likeness (QED) is 0.179. The number of hydrogen-bond acceptors (Lipinski definition) is 7. The van der Waals surface area contributed by atoms with Gasteiger partial charge in [0.25, 0.3) is 0 Å². The van der Waals surface area contributed by atoms with Crippen molar-refractivity contribution in [1.82, 2.24) is 30.1 Å². The van der Waals surface area contributed by atoms with Crippen LogP contribution < -0.4 is 5.32 Å². The molecular weight excluding hydrogens is 593 g/mol. The van der Waals surface area contributed by atoms with E-state index >= 15 is 0 Å². The van der Waals surface area contributed by atoms with Crippen LogP contribution >= 0.6 is 0 Å². The number of benzene rings is 2. The first kappa shape index (κ1) is 30.1. The number of H-pyrrole nitrogens is 2. The average Bonchev–Trinajstić information content (AvgIpc) is 3.58. The van der Waals surface area contributed by atoms with Crippen LogP contribution in [0.2, 0.25) is 0 Å². The first-order valence-corrected chi connectivity index (χ1v) is 16.4. The minimum absolute atomic E-state index is 0.0731. The summed E-state index contributed by atoms with van der Waals surface area (Å²) in [6.07, 6.45) is 6.72. The lowest BCUT2D eigenvalue weighted by Gasteiger charge is -2.17. The van der Waals surface area contributed by atoms with Crippen molar-refractivity contribution in [2.24, 2.45) is 5.41 Å². The summed E-state index contributed by atoms with van der Waals surface area (Å²) in [6.45, 7) is 6.04. The summed E-state index contributed by atoms with van der Waals surface area (Å²) in [7, 11) is -3.20. The predicted molar refractivity (Wildman–Crippen MR) is 174 cm³/mol. The van der Waals surface area contributed by atoms with Crippen molar-refractivity contribution in [1.29, 1.82) is 0 Å². The standard InChI is InChI=1S/C33H32FN7O3S/c1-33(2,3)16-28(42)37-24-14-22(17-35-18-24)20-5-6-27-26(15-20)30(41-40-27)32-38-29-25(7-9-36-31(29)39-32)21-11-19(12-23(34)13-21)8-10-45(4,43)44/h5-7,9,11-15,17-18H,8,10,16H2,1-4H3,(H,37,42)(H,40,41)(H,36,38,39). The van der Waals surface area contributed by atoms with E-state index in [0.717, 1.165) is 28.3 Å². The Morgan fingerprint density at radius 1 is 1.00 bits per heavy atom.